The van der Waals surface area contributed by atoms with E-state index >= 15 is 0 Å². The predicted octanol–water partition coefficient (Wildman–Crippen LogP) is 1.13. The second kappa shape index (κ2) is 6.58. The number of hydrogen-bond acceptors (Lipinski definition) is 3. The van der Waals surface area contributed by atoms with Crippen molar-refractivity contribution in [3.63, 3.8) is 0 Å². The first-order valence-corrected chi connectivity index (χ1v) is 5.37. The molecular weight excluding hydrogens is 260 g/mol. The zero-order valence-corrected chi connectivity index (χ0v) is 9.78. The number of rotatable bonds is 6. The Morgan fingerprint density at radius 1 is 1.16 bits per heavy atom. The quantitative estimate of drug-likeness (QED) is 0.760. The van der Waals surface area contributed by atoms with Crippen molar-refractivity contribution in [3.05, 3.63) is 35.4 Å². The van der Waals surface area contributed by atoms with Gasteiger partial charge in [0, 0.05) is 18.9 Å². The van der Waals surface area contributed by atoms with Crippen molar-refractivity contribution in [1.82, 2.24) is 5.32 Å². The maximum atomic E-state index is 13.2. The lowest BCUT2D eigenvalue weighted by atomic mass is 10.1. The van der Waals surface area contributed by atoms with Gasteiger partial charge in [-0.25, -0.2) is 8.78 Å². The van der Waals surface area contributed by atoms with Crippen LogP contribution in [0, 0.1) is 11.6 Å². The fourth-order valence-corrected chi connectivity index (χ4v) is 1.34. The van der Waals surface area contributed by atoms with Gasteiger partial charge in [0.25, 0.3) is 0 Å². The summed E-state index contributed by atoms with van der Waals surface area (Å²) in [7, 11) is 0. The molecule has 102 valence electrons. The number of halogens is 2. The van der Waals surface area contributed by atoms with E-state index in [2.05, 4.69) is 5.32 Å². The Labute approximate surface area is 107 Å². The Hall–Kier alpha value is -2.31. The number of carboxylic acid groups (broad SMARTS) is 1. The first kappa shape index (κ1) is 14.7. The molecule has 1 rings (SSSR count). The van der Waals surface area contributed by atoms with E-state index < -0.39 is 35.8 Å². The van der Waals surface area contributed by atoms with Crippen molar-refractivity contribution in [2.45, 2.75) is 12.8 Å². The predicted molar refractivity (Wildman–Crippen MR) is 60.6 cm³/mol. The third-order valence-electron chi connectivity index (χ3n) is 2.25. The zero-order chi connectivity index (χ0) is 14.4. The molecule has 1 amide bonds. The second-order valence-corrected chi connectivity index (χ2v) is 3.72. The Bertz CT molecular complexity index is 516. The molecule has 0 radical (unpaired) electrons. The fraction of sp³-hybridized carbons (Fsp3) is 0.250. The minimum atomic E-state index is -1.20. The summed E-state index contributed by atoms with van der Waals surface area (Å²) in [5.41, 5.74) is -0.299. The van der Waals surface area contributed by atoms with E-state index in [4.69, 9.17) is 5.11 Å². The van der Waals surface area contributed by atoms with Gasteiger partial charge in [-0.2, -0.15) is 0 Å². The molecule has 0 unspecified atom stereocenters. The summed E-state index contributed by atoms with van der Waals surface area (Å²) in [4.78, 5) is 32.9. The molecular formula is C12H11F2NO4. The van der Waals surface area contributed by atoms with Crippen molar-refractivity contribution in [2.75, 3.05) is 6.54 Å². The number of ketones is 1. The van der Waals surface area contributed by atoms with Crippen molar-refractivity contribution in [2.24, 2.45) is 0 Å². The number of carbonyl (C=O) groups excluding carboxylic acids is 2. The van der Waals surface area contributed by atoms with E-state index in [1.807, 2.05) is 0 Å². The van der Waals surface area contributed by atoms with E-state index in [1.54, 1.807) is 0 Å². The summed E-state index contributed by atoms with van der Waals surface area (Å²) < 4.78 is 25.9. The van der Waals surface area contributed by atoms with Gasteiger partial charge in [0.15, 0.2) is 5.78 Å². The molecule has 0 saturated heterocycles. The summed E-state index contributed by atoms with van der Waals surface area (Å²) >= 11 is 0. The molecule has 0 saturated carbocycles. The fourth-order valence-electron chi connectivity index (χ4n) is 1.34. The van der Waals surface area contributed by atoms with Gasteiger partial charge in [0.05, 0.1) is 5.56 Å². The van der Waals surface area contributed by atoms with Gasteiger partial charge in [-0.3, -0.25) is 14.4 Å². The van der Waals surface area contributed by atoms with Crippen LogP contribution in [0.3, 0.4) is 0 Å². The molecule has 0 aliphatic carbocycles. The van der Waals surface area contributed by atoms with Crippen molar-refractivity contribution < 1.29 is 28.3 Å². The molecule has 0 atom stereocenters. The standard InChI is InChI=1S/C12H11F2NO4/c13-7-1-2-8(9(14)5-7)10(16)3-4-11(17)15-6-12(18)19/h1-2,5H,3-4,6H2,(H,15,17)(H,18,19). The second-order valence-electron chi connectivity index (χ2n) is 3.72. The smallest absolute Gasteiger partial charge is 0.322 e. The number of aliphatic carboxylic acids is 1. The molecule has 0 aliphatic heterocycles. The van der Waals surface area contributed by atoms with Crippen LogP contribution in [0.5, 0.6) is 0 Å². The highest BCUT2D eigenvalue weighted by Gasteiger charge is 2.14. The number of Topliss-reactive ketones (excluding diaryl/α,β-unsaturated/α-hetero) is 1. The summed E-state index contributed by atoms with van der Waals surface area (Å²) in [5, 5.41) is 10.4. The lowest BCUT2D eigenvalue weighted by Crippen LogP contribution is -2.29. The van der Waals surface area contributed by atoms with E-state index in [0.717, 1.165) is 12.1 Å². The van der Waals surface area contributed by atoms with Crippen LogP contribution in [0.4, 0.5) is 8.78 Å². The minimum Gasteiger partial charge on any atom is -0.480 e. The molecule has 7 heteroatoms. The average Bonchev–Trinajstić information content (AvgIpc) is 2.33. The molecule has 0 heterocycles. The summed E-state index contributed by atoms with van der Waals surface area (Å²) in [6.45, 7) is -0.544. The average molecular weight is 271 g/mol. The summed E-state index contributed by atoms with van der Waals surface area (Å²) in [5.74, 6) is -4.27. The Kier molecular flexibility index (Phi) is 5.11. The molecule has 5 nitrogen and oxygen atoms in total. The van der Waals surface area contributed by atoms with Crippen LogP contribution in [0.2, 0.25) is 0 Å². The topological polar surface area (TPSA) is 83.5 Å². The van der Waals surface area contributed by atoms with Gasteiger partial charge in [-0.15, -0.1) is 0 Å². The zero-order valence-electron chi connectivity index (χ0n) is 9.78. The summed E-state index contributed by atoms with van der Waals surface area (Å²) in [6.07, 6.45) is -0.545. The maximum Gasteiger partial charge on any atom is 0.322 e. The molecule has 0 aliphatic rings. The van der Waals surface area contributed by atoms with E-state index in [1.165, 1.54) is 0 Å². The molecule has 2 N–H and O–H groups in total. The molecule has 19 heavy (non-hydrogen) atoms. The van der Waals surface area contributed by atoms with Gasteiger partial charge < -0.3 is 10.4 Å². The molecule has 0 fully saturated rings. The first-order chi connectivity index (χ1) is 8.90. The lowest BCUT2D eigenvalue weighted by Gasteiger charge is -2.03. The summed E-state index contributed by atoms with van der Waals surface area (Å²) in [6, 6.07) is 2.53. The van der Waals surface area contributed by atoms with Crippen LogP contribution in [-0.2, 0) is 9.59 Å². The third-order valence-corrected chi connectivity index (χ3v) is 2.25. The highest BCUT2D eigenvalue weighted by Crippen LogP contribution is 2.12. The van der Waals surface area contributed by atoms with E-state index in [0.29, 0.717) is 6.07 Å². The number of carbonyl (C=O) groups is 3. The maximum absolute atomic E-state index is 13.2. The van der Waals surface area contributed by atoms with Crippen LogP contribution in [0.15, 0.2) is 18.2 Å². The number of carboxylic acids is 1. The van der Waals surface area contributed by atoms with Crippen LogP contribution >= 0.6 is 0 Å². The van der Waals surface area contributed by atoms with E-state index in [9.17, 15) is 23.2 Å². The van der Waals surface area contributed by atoms with Crippen molar-refractivity contribution in [3.8, 4) is 0 Å². The van der Waals surface area contributed by atoms with Gasteiger partial charge in [-0.05, 0) is 12.1 Å². The SMILES string of the molecule is O=C(O)CNC(=O)CCC(=O)c1ccc(F)cc1F. The van der Waals surface area contributed by atoms with Gasteiger partial charge in [0.2, 0.25) is 5.91 Å². The highest BCUT2D eigenvalue weighted by atomic mass is 19.1. The van der Waals surface area contributed by atoms with Crippen LogP contribution in [0.25, 0.3) is 0 Å². The molecule has 1 aromatic carbocycles. The monoisotopic (exact) mass is 271 g/mol. The van der Waals surface area contributed by atoms with Crippen LogP contribution in [-0.4, -0.2) is 29.3 Å². The van der Waals surface area contributed by atoms with Gasteiger partial charge >= 0.3 is 5.97 Å². The normalized spacial score (nSPS) is 10.0. The Morgan fingerprint density at radius 2 is 1.84 bits per heavy atom. The van der Waals surface area contributed by atoms with Crippen molar-refractivity contribution in [1.29, 1.82) is 0 Å². The number of benzene rings is 1. The molecule has 0 spiro atoms. The first-order valence-electron chi connectivity index (χ1n) is 5.37. The molecule has 0 aromatic heterocycles. The van der Waals surface area contributed by atoms with Crippen LogP contribution < -0.4 is 5.32 Å². The Morgan fingerprint density at radius 3 is 2.42 bits per heavy atom. The molecule has 0 bridgehead atoms. The van der Waals surface area contributed by atoms with Crippen LogP contribution in [0.1, 0.15) is 23.2 Å². The number of amides is 1. The molecule has 1 aromatic rings. The third kappa shape index (κ3) is 4.82. The largest absolute Gasteiger partial charge is 0.480 e. The Balaban J connectivity index is 2.51. The number of hydrogen-bond donors (Lipinski definition) is 2. The highest BCUT2D eigenvalue weighted by molar-refractivity contribution is 5.98. The van der Waals surface area contributed by atoms with Crippen molar-refractivity contribution >= 4 is 17.7 Å². The number of nitrogens with one attached hydrogen (secondary N) is 1. The minimum absolute atomic E-state index is 0.261. The van der Waals surface area contributed by atoms with Gasteiger partial charge in [-0.1, -0.05) is 0 Å². The van der Waals surface area contributed by atoms with Gasteiger partial charge in [0.1, 0.15) is 18.2 Å². The lowest BCUT2D eigenvalue weighted by molar-refractivity contribution is -0.137. The van der Waals surface area contributed by atoms with E-state index in [-0.39, 0.29) is 18.4 Å².